The highest BCUT2D eigenvalue weighted by atomic mass is 16.5. The van der Waals surface area contributed by atoms with Crippen molar-refractivity contribution in [1.29, 1.82) is 0 Å². The molecule has 0 aliphatic rings. The van der Waals surface area contributed by atoms with Crippen LogP contribution in [0.15, 0.2) is 24.3 Å². The molecule has 0 spiro atoms. The predicted octanol–water partition coefficient (Wildman–Crippen LogP) is 1.10. The molecule has 0 aliphatic carbocycles. The number of carbonyl (C=O) groups excluding carboxylic acids is 1. The van der Waals surface area contributed by atoms with Gasteiger partial charge in [-0.1, -0.05) is 18.2 Å². The number of urea groups is 1. The molecule has 0 atom stereocenters. The lowest BCUT2D eigenvalue weighted by atomic mass is 10.2. The summed E-state index contributed by atoms with van der Waals surface area (Å²) < 4.78 is 9.88. The summed E-state index contributed by atoms with van der Waals surface area (Å²) in [6, 6.07) is 7.26. The van der Waals surface area contributed by atoms with Gasteiger partial charge in [0.1, 0.15) is 12.5 Å². The van der Waals surface area contributed by atoms with Crippen LogP contribution in [0.3, 0.4) is 0 Å². The molecule has 2 amide bonds. The molecule has 0 aliphatic heterocycles. The van der Waals surface area contributed by atoms with Crippen LogP contribution in [0.2, 0.25) is 0 Å². The lowest BCUT2D eigenvalue weighted by molar-refractivity contribution is 0.172. The maximum Gasteiger partial charge on any atom is 0.316 e. The fourth-order valence-corrected chi connectivity index (χ4v) is 1.22. The van der Waals surface area contributed by atoms with Crippen molar-refractivity contribution in [1.82, 2.24) is 10.6 Å². The summed E-state index contributed by atoms with van der Waals surface area (Å²) in [6.07, 6.45) is 0. The molecule has 0 aromatic heterocycles. The van der Waals surface area contributed by atoms with E-state index in [1.807, 2.05) is 24.3 Å². The molecule has 2 N–H and O–H groups in total. The normalized spacial score (nSPS) is 9.62. The molecule has 0 radical (unpaired) electrons. The Morgan fingerprint density at radius 1 is 1.25 bits per heavy atom. The molecule has 1 aromatic rings. The summed E-state index contributed by atoms with van der Waals surface area (Å²) in [4.78, 5) is 11.2. The van der Waals surface area contributed by atoms with Gasteiger partial charge in [0.05, 0.1) is 7.11 Å². The molecule has 0 fully saturated rings. The Morgan fingerprint density at radius 3 is 2.69 bits per heavy atom. The lowest BCUT2D eigenvalue weighted by Crippen LogP contribution is -2.36. The highest BCUT2D eigenvalue weighted by Gasteiger charge is 2.03. The first-order valence-corrected chi connectivity index (χ1v) is 4.90. The molecule has 0 unspecified atom stereocenters. The van der Waals surface area contributed by atoms with Crippen LogP contribution in [-0.4, -0.2) is 27.0 Å². The molecule has 0 saturated heterocycles. The third kappa shape index (κ3) is 3.78. The van der Waals surface area contributed by atoms with E-state index < -0.39 is 0 Å². The van der Waals surface area contributed by atoms with Gasteiger partial charge in [0, 0.05) is 19.2 Å². The monoisotopic (exact) mass is 224 g/mol. The van der Waals surface area contributed by atoms with Crippen LogP contribution in [0, 0.1) is 0 Å². The molecule has 16 heavy (non-hydrogen) atoms. The van der Waals surface area contributed by atoms with Crippen LogP contribution in [0.4, 0.5) is 4.79 Å². The largest absolute Gasteiger partial charge is 0.496 e. The molecule has 88 valence electrons. The Labute approximate surface area is 94.7 Å². The number of rotatable bonds is 5. The second-order valence-electron chi connectivity index (χ2n) is 3.10. The number of nitrogens with one attached hydrogen (secondary N) is 2. The number of hydrogen-bond donors (Lipinski definition) is 2. The molecule has 1 aromatic carbocycles. The minimum atomic E-state index is -0.271. The number of methoxy groups -OCH3 is 2. The van der Waals surface area contributed by atoms with Crippen LogP contribution in [0.5, 0.6) is 5.75 Å². The van der Waals surface area contributed by atoms with Gasteiger partial charge in [0.15, 0.2) is 0 Å². The van der Waals surface area contributed by atoms with Gasteiger partial charge in [-0.2, -0.15) is 0 Å². The third-order valence-corrected chi connectivity index (χ3v) is 2.01. The van der Waals surface area contributed by atoms with Crippen LogP contribution < -0.4 is 15.4 Å². The van der Waals surface area contributed by atoms with E-state index in [1.54, 1.807) is 7.11 Å². The summed E-state index contributed by atoms with van der Waals surface area (Å²) in [7, 11) is 3.12. The van der Waals surface area contributed by atoms with Crippen molar-refractivity contribution in [3.05, 3.63) is 29.8 Å². The first kappa shape index (κ1) is 12.3. The van der Waals surface area contributed by atoms with Crippen molar-refractivity contribution in [2.75, 3.05) is 21.0 Å². The van der Waals surface area contributed by atoms with Gasteiger partial charge in [0.25, 0.3) is 0 Å². The Bertz CT molecular complexity index is 342. The quantitative estimate of drug-likeness (QED) is 0.736. The minimum Gasteiger partial charge on any atom is -0.496 e. The molecule has 0 heterocycles. The van der Waals surface area contributed by atoms with Gasteiger partial charge in [-0.05, 0) is 6.07 Å². The molecule has 1 rings (SSSR count). The molecular formula is C11H16N2O3. The second kappa shape index (κ2) is 6.68. The molecule has 0 saturated carbocycles. The number of ether oxygens (including phenoxy) is 2. The molecule has 5 heteroatoms. The van der Waals surface area contributed by atoms with E-state index in [0.29, 0.717) is 6.54 Å². The van der Waals surface area contributed by atoms with Crippen molar-refractivity contribution in [2.24, 2.45) is 0 Å². The van der Waals surface area contributed by atoms with Crippen LogP contribution >= 0.6 is 0 Å². The zero-order valence-electron chi connectivity index (χ0n) is 9.45. The Hall–Kier alpha value is -1.75. The molecule has 0 bridgehead atoms. The summed E-state index contributed by atoms with van der Waals surface area (Å²) in [5.74, 6) is 0.759. The molecule has 5 nitrogen and oxygen atoms in total. The summed E-state index contributed by atoms with van der Waals surface area (Å²) in [5.41, 5.74) is 0.928. The first-order chi connectivity index (χ1) is 7.77. The fraction of sp³-hybridized carbons (Fsp3) is 0.364. The van der Waals surface area contributed by atoms with Gasteiger partial charge in [-0.15, -0.1) is 0 Å². The highest BCUT2D eigenvalue weighted by Crippen LogP contribution is 2.16. The Kier molecular flexibility index (Phi) is 5.15. The van der Waals surface area contributed by atoms with Gasteiger partial charge in [0.2, 0.25) is 0 Å². The summed E-state index contributed by atoms with van der Waals surface area (Å²) in [6.45, 7) is 0.608. The van der Waals surface area contributed by atoms with E-state index in [2.05, 4.69) is 10.6 Å². The minimum absolute atomic E-state index is 0.192. The van der Waals surface area contributed by atoms with Crippen molar-refractivity contribution >= 4 is 6.03 Å². The third-order valence-electron chi connectivity index (χ3n) is 2.01. The van der Waals surface area contributed by atoms with E-state index in [4.69, 9.17) is 9.47 Å². The van der Waals surface area contributed by atoms with Gasteiger partial charge < -0.3 is 20.1 Å². The van der Waals surface area contributed by atoms with Crippen molar-refractivity contribution in [3.8, 4) is 5.75 Å². The zero-order valence-corrected chi connectivity index (χ0v) is 9.45. The number of amides is 2. The van der Waals surface area contributed by atoms with Crippen molar-refractivity contribution in [2.45, 2.75) is 6.54 Å². The van der Waals surface area contributed by atoms with Gasteiger partial charge in [-0.25, -0.2) is 4.79 Å². The lowest BCUT2D eigenvalue weighted by Gasteiger charge is -2.09. The average Bonchev–Trinajstić information content (AvgIpc) is 2.34. The Balaban J connectivity index is 2.44. The van der Waals surface area contributed by atoms with Crippen molar-refractivity contribution < 1.29 is 14.3 Å². The van der Waals surface area contributed by atoms with Gasteiger partial charge in [-0.3, -0.25) is 0 Å². The van der Waals surface area contributed by atoms with Crippen LogP contribution in [0.1, 0.15) is 5.56 Å². The van der Waals surface area contributed by atoms with E-state index in [1.165, 1.54) is 7.11 Å². The molecular weight excluding hydrogens is 208 g/mol. The summed E-state index contributed by atoms with van der Waals surface area (Å²) in [5, 5.41) is 5.23. The maximum atomic E-state index is 11.2. The Morgan fingerprint density at radius 2 is 2.00 bits per heavy atom. The fourth-order valence-electron chi connectivity index (χ4n) is 1.22. The SMILES string of the molecule is COCNC(=O)NCc1ccccc1OC. The van der Waals surface area contributed by atoms with Gasteiger partial charge >= 0.3 is 6.03 Å². The first-order valence-electron chi connectivity index (χ1n) is 4.90. The smallest absolute Gasteiger partial charge is 0.316 e. The van der Waals surface area contributed by atoms with E-state index in [9.17, 15) is 4.79 Å². The predicted molar refractivity (Wildman–Crippen MR) is 60.2 cm³/mol. The highest BCUT2D eigenvalue weighted by molar-refractivity contribution is 5.73. The number of carbonyl (C=O) groups is 1. The van der Waals surface area contributed by atoms with E-state index >= 15 is 0 Å². The topological polar surface area (TPSA) is 59.6 Å². The number of para-hydroxylation sites is 1. The van der Waals surface area contributed by atoms with Crippen LogP contribution in [-0.2, 0) is 11.3 Å². The van der Waals surface area contributed by atoms with Crippen molar-refractivity contribution in [3.63, 3.8) is 0 Å². The van der Waals surface area contributed by atoms with Crippen LogP contribution in [0.25, 0.3) is 0 Å². The standard InChI is InChI=1S/C11H16N2O3/c1-15-8-13-11(14)12-7-9-5-3-4-6-10(9)16-2/h3-6H,7-8H2,1-2H3,(H2,12,13,14). The number of benzene rings is 1. The second-order valence-corrected chi connectivity index (χ2v) is 3.10. The maximum absolute atomic E-state index is 11.2. The van der Waals surface area contributed by atoms with E-state index in [-0.39, 0.29) is 12.8 Å². The zero-order chi connectivity index (χ0) is 11.8. The van der Waals surface area contributed by atoms with E-state index in [0.717, 1.165) is 11.3 Å². The average molecular weight is 224 g/mol. The summed E-state index contributed by atoms with van der Waals surface area (Å²) >= 11 is 0. The number of hydrogen-bond acceptors (Lipinski definition) is 3.